The molecule has 1 saturated heterocycles. The molecule has 3 rings (SSSR count). The summed E-state index contributed by atoms with van der Waals surface area (Å²) in [6.07, 6.45) is 1.19. The van der Waals surface area contributed by atoms with Gasteiger partial charge in [-0.1, -0.05) is 62.9 Å². The quantitative estimate of drug-likeness (QED) is 0.650. The van der Waals surface area contributed by atoms with Crippen molar-refractivity contribution in [3.8, 4) is 0 Å². The molecular formula is C22H33N5OS. The summed E-state index contributed by atoms with van der Waals surface area (Å²) in [5, 5.41) is 9.31. The molecule has 0 aliphatic carbocycles. The molecular weight excluding hydrogens is 382 g/mol. The van der Waals surface area contributed by atoms with Crippen molar-refractivity contribution in [1.29, 1.82) is 0 Å². The molecule has 0 saturated carbocycles. The molecule has 2 heterocycles. The van der Waals surface area contributed by atoms with Gasteiger partial charge in [-0.05, 0) is 30.9 Å². The van der Waals surface area contributed by atoms with E-state index in [4.69, 9.17) is 0 Å². The third kappa shape index (κ3) is 6.57. The predicted octanol–water partition coefficient (Wildman–Crippen LogP) is 3.31. The van der Waals surface area contributed by atoms with E-state index in [0.29, 0.717) is 11.2 Å². The third-order valence-electron chi connectivity index (χ3n) is 5.31. The molecule has 6 nitrogen and oxygen atoms in total. The molecule has 0 N–H and O–H groups in total. The molecule has 7 heteroatoms. The molecule has 2 aromatic rings. The highest BCUT2D eigenvalue weighted by molar-refractivity contribution is 7.99. The predicted molar refractivity (Wildman–Crippen MR) is 118 cm³/mol. The van der Waals surface area contributed by atoms with Crippen molar-refractivity contribution >= 4 is 17.7 Å². The van der Waals surface area contributed by atoms with Gasteiger partial charge in [-0.15, -0.1) is 10.2 Å². The summed E-state index contributed by atoms with van der Waals surface area (Å²) in [6.45, 7) is 14.2. The van der Waals surface area contributed by atoms with E-state index >= 15 is 0 Å². The van der Waals surface area contributed by atoms with Gasteiger partial charge in [-0.2, -0.15) is 0 Å². The van der Waals surface area contributed by atoms with Crippen molar-refractivity contribution in [1.82, 2.24) is 24.6 Å². The van der Waals surface area contributed by atoms with E-state index in [1.807, 2.05) is 30.0 Å². The van der Waals surface area contributed by atoms with Crippen LogP contribution in [0.3, 0.4) is 0 Å². The van der Waals surface area contributed by atoms with Crippen LogP contribution in [-0.4, -0.2) is 68.9 Å². The van der Waals surface area contributed by atoms with Crippen LogP contribution in [0.4, 0.5) is 0 Å². The number of thioether (sulfide) groups is 1. The van der Waals surface area contributed by atoms with Gasteiger partial charge >= 0.3 is 0 Å². The number of hydrogen-bond donors (Lipinski definition) is 0. The van der Waals surface area contributed by atoms with E-state index in [9.17, 15) is 4.79 Å². The van der Waals surface area contributed by atoms with Gasteiger partial charge in [-0.3, -0.25) is 9.69 Å². The lowest BCUT2D eigenvalue weighted by Gasteiger charge is -2.36. The lowest BCUT2D eigenvalue weighted by molar-refractivity contribution is -0.130. The highest BCUT2D eigenvalue weighted by atomic mass is 32.2. The van der Waals surface area contributed by atoms with Crippen molar-refractivity contribution < 1.29 is 4.79 Å². The molecule has 158 valence electrons. The Kier molecular flexibility index (Phi) is 7.35. The number of rotatable bonds is 7. The number of carbonyl (C=O) groups excluding carboxylic acids is 1. The highest BCUT2D eigenvalue weighted by Gasteiger charge is 2.23. The summed E-state index contributed by atoms with van der Waals surface area (Å²) in [5.74, 6) is 1.48. The molecule has 1 aliphatic heterocycles. The number of hydrogen-bond acceptors (Lipinski definition) is 5. The molecule has 0 spiro atoms. The number of benzene rings is 1. The zero-order valence-corrected chi connectivity index (χ0v) is 18.9. The Morgan fingerprint density at radius 1 is 1.07 bits per heavy atom. The SMILES string of the molecule is Cc1nnc(SCC(=O)N2CCN(CCC(C)(C)C)CC2)n1Cc1ccccc1. The van der Waals surface area contributed by atoms with Crippen molar-refractivity contribution in [3.63, 3.8) is 0 Å². The van der Waals surface area contributed by atoms with Crippen molar-refractivity contribution in [2.75, 3.05) is 38.5 Å². The Bertz CT molecular complexity index is 791. The van der Waals surface area contributed by atoms with Crippen LogP contribution >= 0.6 is 11.8 Å². The standard InChI is InChI=1S/C22H33N5OS/c1-18-23-24-21(27(18)16-19-8-6-5-7-9-19)29-17-20(28)26-14-12-25(13-15-26)11-10-22(2,3)4/h5-9H,10-17H2,1-4H3. The average Bonchev–Trinajstić information content (AvgIpc) is 3.05. The van der Waals surface area contributed by atoms with Crippen LogP contribution in [0, 0.1) is 12.3 Å². The fraction of sp³-hybridized carbons (Fsp3) is 0.591. The van der Waals surface area contributed by atoms with E-state index in [2.05, 4.69) is 52.6 Å². The second kappa shape index (κ2) is 9.76. The summed E-state index contributed by atoms with van der Waals surface area (Å²) < 4.78 is 2.08. The minimum Gasteiger partial charge on any atom is -0.339 e. The van der Waals surface area contributed by atoms with Crippen LogP contribution < -0.4 is 0 Å². The molecule has 0 bridgehead atoms. The first-order chi connectivity index (χ1) is 13.8. The zero-order valence-electron chi connectivity index (χ0n) is 18.1. The van der Waals surface area contributed by atoms with E-state index in [-0.39, 0.29) is 5.91 Å². The molecule has 1 fully saturated rings. The Morgan fingerprint density at radius 2 is 1.76 bits per heavy atom. The monoisotopic (exact) mass is 415 g/mol. The second-order valence-corrected chi connectivity index (χ2v) is 9.87. The normalized spacial score (nSPS) is 15.7. The number of aryl methyl sites for hydroxylation is 1. The van der Waals surface area contributed by atoms with Crippen molar-refractivity contribution in [3.05, 3.63) is 41.7 Å². The molecule has 1 aliphatic rings. The molecule has 0 unspecified atom stereocenters. The van der Waals surface area contributed by atoms with Crippen LogP contribution in [0.5, 0.6) is 0 Å². The number of nitrogens with zero attached hydrogens (tertiary/aromatic N) is 5. The summed E-state index contributed by atoms with van der Waals surface area (Å²) in [7, 11) is 0. The average molecular weight is 416 g/mol. The summed E-state index contributed by atoms with van der Waals surface area (Å²) >= 11 is 1.49. The molecule has 1 amide bonds. The third-order valence-corrected chi connectivity index (χ3v) is 6.26. The van der Waals surface area contributed by atoms with E-state index < -0.39 is 0 Å². The molecule has 0 radical (unpaired) electrons. The van der Waals surface area contributed by atoms with Gasteiger partial charge in [0.05, 0.1) is 12.3 Å². The lowest BCUT2D eigenvalue weighted by Crippen LogP contribution is -2.49. The molecule has 1 aromatic carbocycles. The number of carbonyl (C=O) groups is 1. The van der Waals surface area contributed by atoms with E-state index in [1.165, 1.54) is 23.7 Å². The smallest absolute Gasteiger partial charge is 0.233 e. The van der Waals surface area contributed by atoms with Gasteiger partial charge < -0.3 is 9.47 Å². The van der Waals surface area contributed by atoms with E-state index in [0.717, 1.165) is 50.2 Å². The maximum atomic E-state index is 12.7. The first-order valence-electron chi connectivity index (χ1n) is 10.4. The Morgan fingerprint density at radius 3 is 2.41 bits per heavy atom. The fourth-order valence-corrected chi connectivity index (χ4v) is 4.23. The number of piperazine rings is 1. The molecule has 0 atom stereocenters. The van der Waals surface area contributed by atoms with Gasteiger partial charge in [0.2, 0.25) is 5.91 Å². The topological polar surface area (TPSA) is 54.3 Å². The minimum atomic E-state index is 0.192. The van der Waals surface area contributed by atoms with Gasteiger partial charge in [0.25, 0.3) is 0 Å². The van der Waals surface area contributed by atoms with Gasteiger partial charge in [0.1, 0.15) is 5.82 Å². The molecule has 29 heavy (non-hydrogen) atoms. The summed E-state index contributed by atoms with van der Waals surface area (Å²) in [6, 6.07) is 10.3. The maximum Gasteiger partial charge on any atom is 0.233 e. The fourth-order valence-electron chi connectivity index (χ4n) is 3.35. The number of amides is 1. The maximum absolute atomic E-state index is 12.7. The highest BCUT2D eigenvalue weighted by Crippen LogP contribution is 2.21. The second-order valence-electron chi connectivity index (χ2n) is 8.92. The van der Waals surface area contributed by atoms with Crippen LogP contribution in [0.2, 0.25) is 0 Å². The molecule has 1 aromatic heterocycles. The van der Waals surface area contributed by atoms with Gasteiger partial charge in [0, 0.05) is 26.2 Å². The number of aromatic nitrogens is 3. The van der Waals surface area contributed by atoms with Crippen LogP contribution in [0.25, 0.3) is 0 Å². The first-order valence-corrected chi connectivity index (χ1v) is 11.4. The summed E-state index contributed by atoms with van der Waals surface area (Å²) in [4.78, 5) is 17.2. The van der Waals surface area contributed by atoms with Crippen LogP contribution in [0.1, 0.15) is 38.6 Å². The van der Waals surface area contributed by atoms with E-state index in [1.54, 1.807) is 0 Å². The summed E-state index contributed by atoms with van der Waals surface area (Å²) in [5.41, 5.74) is 1.56. The lowest BCUT2D eigenvalue weighted by atomic mass is 9.92. The Labute approximate surface area is 178 Å². The van der Waals surface area contributed by atoms with Crippen molar-refractivity contribution in [2.24, 2.45) is 5.41 Å². The van der Waals surface area contributed by atoms with Crippen molar-refractivity contribution in [2.45, 2.75) is 45.8 Å². The van der Waals surface area contributed by atoms with Gasteiger partial charge in [0.15, 0.2) is 5.16 Å². The van der Waals surface area contributed by atoms with Gasteiger partial charge in [-0.25, -0.2) is 0 Å². The Balaban J connectivity index is 1.48. The zero-order chi connectivity index (χ0) is 20.9. The van der Waals surface area contributed by atoms with Crippen LogP contribution in [0.15, 0.2) is 35.5 Å². The largest absolute Gasteiger partial charge is 0.339 e. The minimum absolute atomic E-state index is 0.192. The first kappa shape index (κ1) is 21.8. The Hall–Kier alpha value is -1.86. The van der Waals surface area contributed by atoms with Crippen LogP contribution in [-0.2, 0) is 11.3 Å².